The molecule has 0 aliphatic carbocycles. The van der Waals surface area contributed by atoms with Crippen LogP contribution in [0.15, 0.2) is 27.9 Å². The van der Waals surface area contributed by atoms with Crippen molar-refractivity contribution in [3.05, 3.63) is 33.4 Å². The van der Waals surface area contributed by atoms with Gasteiger partial charge in [0, 0.05) is 0 Å². The fourth-order valence-electron chi connectivity index (χ4n) is 1.35. The Hall–Kier alpha value is 1.11. The number of aldehydes is 1. The van der Waals surface area contributed by atoms with Gasteiger partial charge in [-0.1, -0.05) is 0 Å². The molecule has 1 nitrogen and oxygen atoms in total. The van der Waals surface area contributed by atoms with Gasteiger partial charge in [-0.15, -0.1) is 0 Å². The summed E-state index contributed by atoms with van der Waals surface area (Å²) in [6.07, 6.45) is 0.979. The maximum atomic E-state index is 11.0. The molecule has 0 fully saturated rings. The third kappa shape index (κ3) is 1.65. The molecule has 2 rings (SSSR count). The molecular formula is C9H5Br2IOTe. The molecule has 0 saturated heterocycles. The fourth-order valence-corrected chi connectivity index (χ4v) is 19.7. The van der Waals surface area contributed by atoms with Gasteiger partial charge in [-0.2, -0.15) is 0 Å². The van der Waals surface area contributed by atoms with Gasteiger partial charge in [0.05, 0.1) is 0 Å². The summed E-state index contributed by atoms with van der Waals surface area (Å²) in [7, 11) is 0. The van der Waals surface area contributed by atoms with E-state index in [0.717, 1.165) is 13.5 Å². The van der Waals surface area contributed by atoms with Crippen LogP contribution in [0.25, 0.3) is 3.58 Å². The second-order valence-corrected chi connectivity index (χ2v) is 27.9. The summed E-state index contributed by atoms with van der Waals surface area (Å²) in [4.78, 5) is 11.0. The number of allylic oxidation sites excluding steroid dienone is 1. The van der Waals surface area contributed by atoms with E-state index in [1.807, 2.05) is 12.1 Å². The Morgan fingerprint density at radius 2 is 1.93 bits per heavy atom. The van der Waals surface area contributed by atoms with Crippen LogP contribution >= 0.6 is 48.1 Å². The zero-order chi connectivity index (χ0) is 10.3. The molecule has 0 aromatic heterocycles. The van der Waals surface area contributed by atoms with Crippen LogP contribution in [0.4, 0.5) is 0 Å². The van der Waals surface area contributed by atoms with Crippen LogP contribution in [-0.4, -0.2) is 20.1 Å². The van der Waals surface area contributed by atoms with Gasteiger partial charge < -0.3 is 0 Å². The Labute approximate surface area is 112 Å². The fraction of sp³-hybridized carbons (Fsp3) is 0. The average Bonchev–Trinajstić information content (AvgIpc) is 2.36. The number of carbonyl (C=O) groups excluding carboxylic acids is 1. The van der Waals surface area contributed by atoms with Gasteiger partial charge in [0.25, 0.3) is 0 Å². The van der Waals surface area contributed by atoms with E-state index in [9.17, 15) is 4.79 Å². The number of benzene rings is 1. The van der Waals surface area contributed by atoms with Crippen molar-refractivity contribution in [1.82, 2.24) is 0 Å². The summed E-state index contributed by atoms with van der Waals surface area (Å²) in [5, 5.41) is 0. The Bertz CT molecular complexity index is 442. The quantitative estimate of drug-likeness (QED) is 0.303. The molecule has 1 aliphatic heterocycles. The van der Waals surface area contributed by atoms with Gasteiger partial charge in [-0.05, 0) is 0 Å². The molecule has 1 aliphatic rings. The molecule has 0 saturated carbocycles. The van der Waals surface area contributed by atoms with Crippen molar-refractivity contribution in [2.75, 3.05) is 0 Å². The first-order valence-electron chi connectivity index (χ1n) is 3.76. The van der Waals surface area contributed by atoms with E-state index in [-0.39, 0.29) is 0 Å². The molecule has 74 valence electrons. The van der Waals surface area contributed by atoms with E-state index >= 15 is 0 Å². The van der Waals surface area contributed by atoms with Crippen molar-refractivity contribution in [2.24, 2.45) is 0 Å². The van der Waals surface area contributed by atoms with Gasteiger partial charge in [-0.3, -0.25) is 0 Å². The number of carbonyl (C=O) groups is 1. The molecule has 14 heavy (non-hydrogen) atoms. The van der Waals surface area contributed by atoms with E-state index in [1.54, 1.807) is 0 Å². The zero-order valence-corrected chi connectivity index (χ0v) is 14.5. The predicted molar refractivity (Wildman–Crippen MR) is 76.7 cm³/mol. The minimum absolute atomic E-state index is 0.925. The van der Waals surface area contributed by atoms with Crippen LogP contribution in [-0.2, 0) is 4.79 Å². The van der Waals surface area contributed by atoms with Crippen LogP contribution < -0.4 is 3.61 Å². The topological polar surface area (TPSA) is 17.1 Å². The monoisotopic (exact) mass is 544 g/mol. The van der Waals surface area contributed by atoms with Crippen LogP contribution in [0, 0.1) is 0 Å². The minimum atomic E-state index is -2.58. The van der Waals surface area contributed by atoms with E-state index < -0.39 is 13.8 Å². The van der Waals surface area contributed by atoms with E-state index in [0.29, 0.717) is 0 Å². The van der Waals surface area contributed by atoms with E-state index in [1.165, 1.54) is 9.17 Å². The standard InChI is InChI=1S/C9H5Br2IOTe/c10-14(11)7-4-2-1-3-6(7)9(12)8(14)5-13/h1-5H. The molecule has 1 aromatic carbocycles. The van der Waals surface area contributed by atoms with Crippen molar-refractivity contribution >= 4 is 75.3 Å². The number of hydrogen-bond acceptors (Lipinski definition) is 1. The van der Waals surface area contributed by atoms with Crippen molar-refractivity contribution in [2.45, 2.75) is 0 Å². The van der Waals surface area contributed by atoms with Gasteiger partial charge >= 0.3 is 114 Å². The first-order valence-corrected chi connectivity index (χ1v) is 17.6. The first-order chi connectivity index (χ1) is 6.59. The first kappa shape index (κ1) is 11.6. The summed E-state index contributed by atoms with van der Waals surface area (Å²) >= 11 is 7.11. The Morgan fingerprint density at radius 1 is 1.29 bits per heavy atom. The molecule has 0 N–H and O–H groups in total. The third-order valence-corrected chi connectivity index (χ3v) is 18.7. The zero-order valence-electron chi connectivity index (χ0n) is 6.84. The number of hydrogen-bond donors (Lipinski definition) is 0. The molecule has 1 heterocycles. The SMILES string of the molecule is O=CC1=C(I)c2ccccc2[Te]1(Br)Br. The third-order valence-electron chi connectivity index (χ3n) is 2.00. The van der Waals surface area contributed by atoms with Gasteiger partial charge in [0.15, 0.2) is 0 Å². The normalized spacial score (nSPS) is 20.5. The number of halogens is 3. The molecule has 0 atom stereocenters. The maximum absolute atomic E-state index is 11.0. The summed E-state index contributed by atoms with van der Waals surface area (Å²) in [5.41, 5.74) is 1.20. The van der Waals surface area contributed by atoms with Crippen LogP contribution in [0.1, 0.15) is 5.56 Å². The number of rotatable bonds is 1. The number of fused-ring (bicyclic) bond motifs is 1. The second kappa shape index (κ2) is 4.17. The van der Waals surface area contributed by atoms with Crippen molar-refractivity contribution in [1.29, 1.82) is 0 Å². The van der Waals surface area contributed by atoms with Gasteiger partial charge in [0.2, 0.25) is 0 Å². The molecule has 0 bridgehead atoms. The Kier molecular flexibility index (Phi) is 3.45. The Balaban J connectivity index is 2.74. The van der Waals surface area contributed by atoms with Crippen molar-refractivity contribution in [3.8, 4) is 0 Å². The molecule has 0 radical (unpaired) electrons. The molecular weight excluding hydrogens is 538 g/mol. The molecule has 0 spiro atoms. The summed E-state index contributed by atoms with van der Waals surface area (Å²) in [5.74, 6) is 0. The molecule has 0 amide bonds. The van der Waals surface area contributed by atoms with Gasteiger partial charge in [-0.25, -0.2) is 0 Å². The van der Waals surface area contributed by atoms with E-state index in [4.69, 9.17) is 0 Å². The average molecular weight is 543 g/mol. The summed E-state index contributed by atoms with van der Waals surface area (Å²) < 4.78 is 3.29. The van der Waals surface area contributed by atoms with Crippen LogP contribution in [0.3, 0.4) is 0 Å². The van der Waals surface area contributed by atoms with Crippen molar-refractivity contribution in [3.63, 3.8) is 0 Å². The Morgan fingerprint density at radius 3 is 2.50 bits per heavy atom. The predicted octanol–water partition coefficient (Wildman–Crippen LogP) is 3.02. The molecule has 0 unspecified atom stereocenters. The summed E-state index contributed by atoms with van der Waals surface area (Å²) in [6, 6.07) is 8.18. The van der Waals surface area contributed by atoms with Crippen LogP contribution in [0.2, 0.25) is 0 Å². The van der Waals surface area contributed by atoms with Crippen molar-refractivity contribution < 1.29 is 4.79 Å². The van der Waals surface area contributed by atoms with Crippen LogP contribution in [0.5, 0.6) is 0 Å². The summed E-state index contributed by atoms with van der Waals surface area (Å²) in [6.45, 7) is 0. The molecule has 5 heteroatoms. The van der Waals surface area contributed by atoms with E-state index in [2.05, 4.69) is 60.2 Å². The molecule has 1 aromatic rings. The second-order valence-electron chi connectivity index (χ2n) is 2.76. The van der Waals surface area contributed by atoms with Gasteiger partial charge in [0.1, 0.15) is 0 Å².